The number of anilines is 1. The van der Waals surface area contributed by atoms with Gasteiger partial charge in [-0.15, -0.1) is 0 Å². The minimum absolute atomic E-state index is 0.0786. The maximum absolute atomic E-state index is 13.2. The Morgan fingerprint density at radius 1 is 1.03 bits per heavy atom. The molecule has 0 atom stereocenters. The van der Waals surface area contributed by atoms with Gasteiger partial charge in [0.05, 0.1) is 18.5 Å². The molecule has 0 spiro atoms. The number of aromatic nitrogens is 2. The summed E-state index contributed by atoms with van der Waals surface area (Å²) in [6.45, 7) is 0. The summed E-state index contributed by atoms with van der Waals surface area (Å²) in [5.74, 6) is -0.410. The largest absolute Gasteiger partial charge is 0.495 e. The van der Waals surface area contributed by atoms with Crippen molar-refractivity contribution >= 4 is 33.2 Å². The second-order valence-electron chi connectivity index (χ2n) is 7.03. The Morgan fingerprint density at radius 3 is 2.36 bits per heavy atom. The van der Waals surface area contributed by atoms with Gasteiger partial charge in [-0.2, -0.15) is 5.10 Å². The van der Waals surface area contributed by atoms with Crippen molar-refractivity contribution in [3.63, 3.8) is 0 Å². The minimum Gasteiger partial charge on any atom is -0.495 e. The van der Waals surface area contributed by atoms with Gasteiger partial charge in [0, 0.05) is 16.3 Å². The second kappa shape index (κ2) is 9.07. The number of sulfonamides is 1. The van der Waals surface area contributed by atoms with Crippen molar-refractivity contribution in [2.24, 2.45) is 5.14 Å². The predicted molar refractivity (Wildman–Crippen MR) is 126 cm³/mol. The molecule has 0 aliphatic rings. The number of methoxy groups -OCH3 is 1. The van der Waals surface area contributed by atoms with Gasteiger partial charge < -0.3 is 10.1 Å². The number of halogens is 1. The normalized spacial score (nSPS) is 11.2. The van der Waals surface area contributed by atoms with Crippen LogP contribution in [0.1, 0.15) is 10.5 Å². The lowest BCUT2D eigenvalue weighted by molar-refractivity contribution is 0.101. The predicted octanol–water partition coefficient (Wildman–Crippen LogP) is 4.10. The van der Waals surface area contributed by atoms with E-state index in [-0.39, 0.29) is 22.0 Å². The number of rotatable bonds is 6. The van der Waals surface area contributed by atoms with Crippen molar-refractivity contribution in [1.29, 1.82) is 0 Å². The zero-order valence-corrected chi connectivity index (χ0v) is 19.0. The van der Waals surface area contributed by atoms with Crippen LogP contribution in [0.2, 0.25) is 5.02 Å². The summed E-state index contributed by atoms with van der Waals surface area (Å²) in [6, 6.07) is 22.1. The molecule has 4 aromatic rings. The van der Waals surface area contributed by atoms with Crippen LogP contribution in [-0.2, 0) is 10.0 Å². The molecule has 33 heavy (non-hydrogen) atoms. The number of ether oxygens (including phenoxy) is 1. The fourth-order valence-corrected chi connectivity index (χ4v) is 4.09. The number of carbonyl (C=O) groups is 1. The average Bonchev–Trinajstić information content (AvgIpc) is 3.25. The van der Waals surface area contributed by atoms with E-state index in [1.807, 2.05) is 42.5 Å². The summed E-state index contributed by atoms with van der Waals surface area (Å²) in [5, 5.41) is 13.2. The Kier molecular flexibility index (Phi) is 6.19. The van der Waals surface area contributed by atoms with Gasteiger partial charge in [-0.25, -0.2) is 18.2 Å². The monoisotopic (exact) mass is 482 g/mol. The Morgan fingerprint density at radius 2 is 1.73 bits per heavy atom. The molecule has 8 nitrogen and oxygen atoms in total. The summed E-state index contributed by atoms with van der Waals surface area (Å²) in [4.78, 5) is 13.0. The van der Waals surface area contributed by atoms with Crippen molar-refractivity contribution in [3.05, 3.63) is 89.6 Å². The standard InChI is InChI=1S/C23H19ClN4O4S/c1-32-21-12-11-17(13-22(21)33(25,30)31)26-23(29)20-14-19(15-7-9-16(24)10-8-15)27-28(20)18-5-3-2-4-6-18/h2-14H,1H3,(H,26,29)(H2,25,30,31). The van der Waals surface area contributed by atoms with Gasteiger partial charge in [-0.05, 0) is 48.5 Å². The molecule has 4 rings (SSSR count). The summed E-state index contributed by atoms with van der Waals surface area (Å²) >= 11 is 5.99. The van der Waals surface area contributed by atoms with Gasteiger partial charge in [0.1, 0.15) is 16.3 Å². The zero-order chi connectivity index (χ0) is 23.6. The summed E-state index contributed by atoms with van der Waals surface area (Å²) < 4.78 is 30.4. The number of hydrogen-bond acceptors (Lipinski definition) is 5. The molecule has 0 saturated heterocycles. The molecule has 0 bridgehead atoms. The highest BCUT2D eigenvalue weighted by molar-refractivity contribution is 7.89. The Balaban J connectivity index is 1.75. The molecule has 0 fully saturated rings. The van der Waals surface area contributed by atoms with Crippen LogP contribution in [0.15, 0.2) is 83.8 Å². The zero-order valence-electron chi connectivity index (χ0n) is 17.4. The molecule has 10 heteroatoms. The lowest BCUT2D eigenvalue weighted by Crippen LogP contribution is -2.18. The van der Waals surface area contributed by atoms with Gasteiger partial charge in [0.15, 0.2) is 0 Å². The number of nitrogens with zero attached hydrogens (tertiary/aromatic N) is 2. The van der Waals surface area contributed by atoms with E-state index in [1.165, 1.54) is 30.0 Å². The summed E-state index contributed by atoms with van der Waals surface area (Å²) in [7, 11) is -2.73. The molecule has 0 radical (unpaired) electrons. The van der Waals surface area contributed by atoms with E-state index in [4.69, 9.17) is 21.5 Å². The van der Waals surface area contributed by atoms with Crippen LogP contribution in [-0.4, -0.2) is 31.2 Å². The van der Waals surface area contributed by atoms with E-state index < -0.39 is 15.9 Å². The highest BCUT2D eigenvalue weighted by atomic mass is 35.5. The summed E-state index contributed by atoms with van der Waals surface area (Å²) in [5.41, 5.74) is 2.52. The van der Waals surface area contributed by atoms with Crippen LogP contribution < -0.4 is 15.2 Å². The SMILES string of the molecule is COc1ccc(NC(=O)c2cc(-c3ccc(Cl)cc3)nn2-c2ccccc2)cc1S(N)(=O)=O. The van der Waals surface area contributed by atoms with E-state index in [0.29, 0.717) is 16.4 Å². The number of nitrogens with one attached hydrogen (secondary N) is 1. The quantitative estimate of drug-likeness (QED) is 0.429. The van der Waals surface area contributed by atoms with E-state index >= 15 is 0 Å². The number of primary sulfonamides is 1. The maximum atomic E-state index is 13.2. The Bertz CT molecular complexity index is 1420. The van der Waals surface area contributed by atoms with Crippen LogP contribution in [0.5, 0.6) is 5.75 Å². The molecule has 0 aliphatic carbocycles. The van der Waals surface area contributed by atoms with Crippen LogP contribution in [0.25, 0.3) is 16.9 Å². The van der Waals surface area contributed by atoms with E-state index in [9.17, 15) is 13.2 Å². The van der Waals surface area contributed by atoms with Crippen molar-refractivity contribution in [2.45, 2.75) is 4.90 Å². The third-order valence-corrected chi connectivity index (χ3v) is 5.99. The molecule has 0 unspecified atom stereocenters. The maximum Gasteiger partial charge on any atom is 0.274 e. The first-order chi connectivity index (χ1) is 15.8. The number of benzene rings is 3. The highest BCUT2D eigenvalue weighted by Crippen LogP contribution is 2.28. The van der Waals surface area contributed by atoms with Crippen molar-refractivity contribution < 1.29 is 17.9 Å². The molecule has 168 valence electrons. The van der Waals surface area contributed by atoms with E-state index in [1.54, 1.807) is 18.2 Å². The van der Waals surface area contributed by atoms with Crippen molar-refractivity contribution in [2.75, 3.05) is 12.4 Å². The molecule has 3 N–H and O–H groups in total. The molecule has 0 aliphatic heterocycles. The molecule has 0 saturated carbocycles. The van der Waals surface area contributed by atoms with Crippen LogP contribution >= 0.6 is 11.6 Å². The van der Waals surface area contributed by atoms with Gasteiger partial charge in [-0.1, -0.05) is 41.9 Å². The third kappa shape index (κ3) is 4.90. The summed E-state index contributed by atoms with van der Waals surface area (Å²) in [6.07, 6.45) is 0. The van der Waals surface area contributed by atoms with Gasteiger partial charge >= 0.3 is 0 Å². The molecular formula is C23H19ClN4O4S. The topological polar surface area (TPSA) is 116 Å². The minimum atomic E-state index is -4.06. The molecule has 1 amide bonds. The first kappa shape index (κ1) is 22.5. The highest BCUT2D eigenvalue weighted by Gasteiger charge is 2.20. The number of amides is 1. The fraction of sp³-hybridized carbons (Fsp3) is 0.0435. The van der Waals surface area contributed by atoms with Crippen molar-refractivity contribution in [3.8, 4) is 22.7 Å². The first-order valence-corrected chi connectivity index (χ1v) is 11.6. The smallest absolute Gasteiger partial charge is 0.274 e. The first-order valence-electron chi connectivity index (χ1n) is 9.70. The van der Waals surface area contributed by atoms with Crippen LogP contribution in [0.3, 0.4) is 0 Å². The number of hydrogen-bond donors (Lipinski definition) is 2. The van der Waals surface area contributed by atoms with E-state index in [0.717, 1.165) is 5.56 Å². The third-order valence-electron chi connectivity index (χ3n) is 4.81. The lowest BCUT2D eigenvalue weighted by Gasteiger charge is -2.11. The number of nitrogens with two attached hydrogens (primary N) is 1. The van der Waals surface area contributed by atoms with Crippen LogP contribution in [0.4, 0.5) is 5.69 Å². The second-order valence-corrected chi connectivity index (χ2v) is 9.00. The van der Waals surface area contributed by atoms with E-state index in [2.05, 4.69) is 10.4 Å². The number of para-hydroxylation sites is 1. The lowest BCUT2D eigenvalue weighted by atomic mass is 10.1. The Labute approximate surface area is 195 Å². The Hall–Kier alpha value is -3.66. The van der Waals surface area contributed by atoms with Crippen LogP contribution in [0, 0.1) is 0 Å². The van der Waals surface area contributed by atoms with Gasteiger partial charge in [0.25, 0.3) is 5.91 Å². The molecule has 3 aromatic carbocycles. The van der Waals surface area contributed by atoms with Gasteiger partial charge in [-0.3, -0.25) is 4.79 Å². The molecule has 1 heterocycles. The molecule has 1 aromatic heterocycles. The fourth-order valence-electron chi connectivity index (χ4n) is 3.24. The average molecular weight is 483 g/mol. The number of carbonyl (C=O) groups excluding carboxylic acids is 1. The van der Waals surface area contributed by atoms with Gasteiger partial charge in [0.2, 0.25) is 10.0 Å². The van der Waals surface area contributed by atoms with Crippen molar-refractivity contribution in [1.82, 2.24) is 9.78 Å². The molecular weight excluding hydrogens is 464 g/mol.